The molecular formula is C21H25NO4. The normalized spacial score (nSPS) is 10.6. The molecule has 0 bridgehead atoms. The summed E-state index contributed by atoms with van der Waals surface area (Å²) in [6.07, 6.45) is 0.832. The van der Waals surface area contributed by atoms with Crippen LogP contribution in [0.15, 0.2) is 48.5 Å². The number of hydrogen-bond donors (Lipinski definition) is 0. The molecule has 0 aliphatic rings. The van der Waals surface area contributed by atoms with E-state index in [1.807, 2.05) is 11.9 Å². The topological polar surface area (TPSA) is 55.8 Å². The van der Waals surface area contributed by atoms with E-state index in [4.69, 9.17) is 9.47 Å². The van der Waals surface area contributed by atoms with E-state index < -0.39 is 0 Å². The Morgan fingerprint density at radius 3 is 1.38 bits per heavy atom. The Morgan fingerprint density at radius 2 is 1.08 bits per heavy atom. The number of rotatable bonds is 10. The molecule has 0 N–H and O–H groups in total. The van der Waals surface area contributed by atoms with Gasteiger partial charge in [-0.2, -0.15) is 0 Å². The molecule has 0 aromatic heterocycles. The number of carbonyl (C=O) groups is 2. The van der Waals surface area contributed by atoms with Crippen LogP contribution in [-0.4, -0.2) is 50.8 Å². The zero-order chi connectivity index (χ0) is 18.9. The van der Waals surface area contributed by atoms with Crippen LogP contribution in [0.25, 0.3) is 0 Å². The first kappa shape index (κ1) is 19.7. The van der Waals surface area contributed by atoms with Crippen molar-refractivity contribution in [2.75, 3.05) is 34.4 Å². The van der Waals surface area contributed by atoms with Gasteiger partial charge in [0.1, 0.15) is 11.5 Å². The van der Waals surface area contributed by atoms with E-state index in [2.05, 4.69) is 0 Å². The second kappa shape index (κ2) is 9.73. The summed E-state index contributed by atoms with van der Waals surface area (Å²) >= 11 is 0. The smallest absolute Gasteiger partial charge is 0.164 e. The molecule has 2 rings (SSSR count). The largest absolute Gasteiger partial charge is 0.497 e. The highest BCUT2D eigenvalue weighted by atomic mass is 16.5. The molecule has 0 aliphatic carbocycles. The Kier molecular flexibility index (Phi) is 7.36. The number of Topliss-reactive ketones (excluding diaryl/α,β-unsaturated/α-hetero) is 2. The maximum absolute atomic E-state index is 12.2. The lowest BCUT2D eigenvalue weighted by molar-refractivity contribution is 0.0956. The number of carbonyl (C=O) groups excluding carboxylic acids is 2. The summed E-state index contributed by atoms with van der Waals surface area (Å²) in [5, 5.41) is 0. The molecule has 138 valence electrons. The van der Waals surface area contributed by atoms with Gasteiger partial charge in [-0.25, -0.2) is 0 Å². The third kappa shape index (κ3) is 5.70. The molecule has 2 aromatic rings. The summed E-state index contributed by atoms with van der Waals surface area (Å²) in [6.45, 7) is 1.22. The van der Waals surface area contributed by atoms with Gasteiger partial charge >= 0.3 is 0 Å². The van der Waals surface area contributed by atoms with Gasteiger partial charge in [0.05, 0.1) is 14.2 Å². The Morgan fingerprint density at radius 1 is 0.731 bits per heavy atom. The lowest BCUT2D eigenvalue weighted by Gasteiger charge is -2.15. The van der Waals surface area contributed by atoms with Gasteiger partial charge in [0.25, 0.3) is 0 Å². The van der Waals surface area contributed by atoms with Crippen LogP contribution >= 0.6 is 0 Å². The van der Waals surface area contributed by atoms with Gasteiger partial charge < -0.3 is 14.4 Å². The van der Waals surface area contributed by atoms with Gasteiger partial charge in [0.2, 0.25) is 0 Å². The average Bonchev–Trinajstić information content (AvgIpc) is 2.70. The van der Waals surface area contributed by atoms with E-state index in [1.165, 1.54) is 0 Å². The highest BCUT2D eigenvalue weighted by Crippen LogP contribution is 2.14. The molecule has 5 nitrogen and oxygen atoms in total. The van der Waals surface area contributed by atoms with Gasteiger partial charge in [-0.1, -0.05) is 0 Å². The van der Waals surface area contributed by atoms with Crippen molar-refractivity contribution >= 4 is 11.6 Å². The highest BCUT2D eigenvalue weighted by molar-refractivity contribution is 5.96. The van der Waals surface area contributed by atoms with Gasteiger partial charge in [-0.15, -0.1) is 0 Å². The molecule has 0 fully saturated rings. The second-order valence-electron chi connectivity index (χ2n) is 6.11. The third-order valence-corrected chi connectivity index (χ3v) is 4.27. The van der Waals surface area contributed by atoms with E-state index in [-0.39, 0.29) is 11.6 Å². The quantitative estimate of drug-likeness (QED) is 0.611. The summed E-state index contributed by atoms with van der Waals surface area (Å²) < 4.78 is 10.2. The van der Waals surface area contributed by atoms with Crippen molar-refractivity contribution in [3.05, 3.63) is 59.7 Å². The van der Waals surface area contributed by atoms with E-state index >= 15 is 0 Å². The number of nitrogens with zero attached hydrogens (tertiary/aromatic N) is 1. The molecule has 2 aromatic carbocycles. The Hall–Kier alpha value is -2.66. The van der Waals surface area contributed by atoms with E-state index in [9.17, 15) is 9.59 Å². The first-order chi connectivity index (χ1) is 12.5. The van der Waals surface area contributed by atoms with Crippen LogP contribution in [0, 0.1) is 0 Å². The molecule has 0 saturated carbocycles. The summed E-state index contributed by atoms with van der Waals surface area (Å²) in [5.74, 6) is 1.63. The van der Waals surface area contributed by atoms with E-state index in [0.29, 0.717) is 37.1 Å². The van der Waals surface area contributed by atoms with E-state index in [0.717, 1.165) is 11.5 Å². The number of ketones is 2. The predicted molar refractivity (Wildman–Crippen MR) is 101 cm³/mol. The van der Waals surface area contributed by atoms with Crippen LogP contribution in [0.4, 0.5) is 0 Å². The van der Waals surface area contributed by atoms with Gasteiger partial charge in [0, 0.05) is 37.1 Å². The monoisotopic (exact) mass is 355 g/mol. The summed E-state index contributed by atoms with van der Waals surface area (Å²) in [5.41, 5.74) is 1.35. The van der Waals surface area contributed by atoms with Crippen molar-refractivity contribution < 1.29 is 19.1 Å². The summed E-state index contributed by atoms with van der Waals surface area (Å²) in [6, 6.07) is 14.2. The Bertz CT molecular complexity index is 659. The molecule has 26 heavy (non-hydrogen) atoms. The SMILES string of the molecule is COc1ccc(C(=O)CCN(C)CCC(=O)c2ccc(OC)cc2)cc1. The second-order valence-corrected chi connectivity index (χ2v) is 6.11. The highest BCUT2D eigenvalue weighted by Gasteiger charge is 2.11. The molecule has 0 amide bonds. The standard InChI is InChI=1S/C21H25NO4/c1-22(14-12-20(23)16-4-8-18(25-2)9-5-16)15-13-21(24)17-6-10-19(26-3)11-7-17/h4-11H,12-15H2,1-3H3. The number of ether oxygens (including phenoxy) is 2. The van der Waals surface area contributed by atoms with Crippen molar-refractivity contribution in [2.45, 2.75) is 12.8 Å². The molecule has 0 spiro atoms. The molecule has 0 atom stereocenters. The maximum atomic E-state index is 12.2. The van der Waals surface area contributed by atoms with Crippen molar-refractivity contribution in [1.29, 1.82) is 0 Å². The molecule has 5 heteroatoms. The van der Waals surface area contributed by atoms with Crippen molar-refractivity contribution in [3.63, 3.8) is 0 Å². The minimum atomic E-state index is 0.0842. The molecular weight excluding hydrogens is 330 g/mol. The molecule has 0 unspecified atom stereocenters. The van der Waals surface area contributed by atoms with Crippen LogP contribution in [-0.2, 0) is 0 Å². The van der Waals surface area contributed by atoms with Crippen LogP contribution in [0.3, 0.4) is 0 Å². The Balaban J connectivity index is 1.76. The third-order valence-electron chi connectivity index (χ3n) is 4.27. The van der Waals surface area contributed by atoms with Crippen LogP contribution in [0.1, 0.15) is 33.6 Å². The zero-order valence-corrected chi connectivity index (χ0v) is 15.5. The average molecular weight is 355 g/mol. The first-order valence-electron chi connectivity index (χ1n) is 8.56. The fourth-order valence-electron chi connectivity index (χ4n) is 2.54. The minimum Gasteiger partial charge on any atom is -0.497 e. The van der Waals surface area contributed by atoms with Gasteiger partial charge in [-0.3, -0.25) is 9.59 Å². The van der Waals surface area contributed by atoms with Crippen LogP contribution in [0.2, 0.25) is 0 Å². The number of hydrogen-bond acceptors (Lipinski definition) is 5. The zero-order valence-electron chi connectivity index (χ0n) is 15.5. The molecule has 0 aliphatic heterocycles. The van der Waals surface area contributed by atoms with E-state index in [1.54, 1.807) is 62.8 Å². The van der Waals surface area contributed by atoms with Gasteiger partial charge in [-0.05, 0) is 55.6 Å². The number of benzene rings is 2. The van der Waals surface area contributed by atoms with Crippen molar-refractivity contribution in [3.8, 4) is 11.5 Å². The molecule has 0 heterocycles. The summed E-state index contributed by atoms with van der Waals surface area (Å²) in [7, 11) is 5.11. The Labute approximate surface area is 154 Å². The van der Waals surface area contributed by atoms with Gasteiger partial charge in [0.15, 0.2) is 11.6 Å². The fraction of sp³-hybridized carbons (Fsp3) is 0.333. The fourth-order valence-corrected chi connectivity index (χ4v) is 2.54. The van der Waals surface area contributed by atoms with Crippen LogP contribution in [0.5, 0.6) is 11.5 Å². The number of methoxy groups -OCH3 is 2. The lowest BCUT2D eigenvalue weighted by Crippen LogP contribution is -2.24. The molecule has 0 saturated heterocycles. The minimum absolute atomic E-state index is 0.0842. The first-order valence-corrected chi connectivity index (χ1v) is 8.56. The van der Waals surface area contributed by atoms with Crippen LogP contribution < -0.4 is 9.47 Å². The van der Waals surface area contributed by atoms with Crippen molar-refractivity contribution in [2.24, 2.45) is 0 Å². The molecule has 0 radical (unpaired) electrons. The summed E-state index contributed by atoms with van der Waals surface area (Å²) in [4.78, 5) is 26.4. The van der Waals surface area contributed by atoms with Crippen molar-refractivity contribution in [1.82, 2.24) is 4.90 Å². The predicted octanol–water partition coefficient (Wildman–Crippen LogP) is 3.48. The maximum Gasteiger partial charge on any atom is 0.164 e. The lowest BCUT2D eigenvalue weighted by atomic mass is 10.1.